The Hall–Kier alpha value is -1.23. The van der Waals surface area contributed by atoms with E-state index >= 15 is 0 Å². The van der Waals surface area contributed by atoms with E-state index in [-0.39, 0.29) is 6.61 Å². The molecule has 0 aliphatic heterocycles. The van der Waals surface area contributed by atoms with Crippen LogP contribution in [0.1, 0.15) is 18.9 Å². The van der Waals surface area contributed by atoms with Crippen LogP contribution in [-0.4, -0.2) is 19.3 Å². The van der Waals surface area contributed by atoms with E-state index in [0.717, 1.165) is 18.7 Å². The molecule has 0 spiro atoms. The molecule has 1 N–H and O–H groups in total. The Kier molecular flexibility index (Phi) is 5.28. The van der Waals surface area contributed by atoms with Crippen molar-refractivity contribution in [2.45, 2.75) is 26.1 Å². The van der Waals surface area contributed by atoms with Crippen molar-refractivity contribution in [3.8, 4) is 5.75 Å². The molecule has 96 valence electrons. The molecule has 0 saturated heterocycles. The van der Waals surface area contributed by atoms with Crippen LogP contribution in [0.25, 0.3) is 0 Å². The number of ether oxygens (including phenoxy) is 1. The van der Waals surface area contributed by atoms with Gasteiger partial charge in [0.15, 0.2) is 0 Å². The van der Waals surface area contributed by atoms with E-state index in [4.69, 9.17) is 4.74 Å². The molecule has 0 fully saturated rings. The molecule has 1 aromatic rings. The first-order valence-electron chi connectivity index (χ1n) is 5.50. The molecule has 1 aromatic carbocycles. The van der Waals surface area contributed by atoms with Gasteiger partial charge < -0.3 is 10.1 Å². The van der Waals surface area contributed by atoms with E-state index in [2.05, 4.69) is 5.32 Å². The zero-order valence-corrected chi connectivity index (χ0v) is 9.68. The molecule has 0 heterocycles. The molecular weight excluding hydrogens is 231 g/mol. The van der Waals surface area contributed by atoms with Crippen LogP contribution in [0, 0.1) is 0 Å². The van der Waals surface area contributed by atoms with Crippen LogP contribution in [0.5, 0.6) is 5.75 Å². The van der Waals surface area contributed by atoms with Gasteiger partial charge in [0.05, 0.1) is 13.0 Å². The Balaban J connectivity index is 2.35. The molecule has 1 rings (SSSR count). The van der Waals surface area contributed by atoms with Crippen molar-refractivity contribution in [3.05, 3.63) is 29.8 Å². The van der Waals surface area contributed by atoms with Crippen molar-refractivity contribution in [3.63, 3.8) is 0 Å². The summed E-state index contributed by atoms with van der Waals surface area (Å²) in [5.74, 6) is 0.467. The molecule has 0 radical (unpaired) electrons. The Bertz CT molecular complexity index is 322. The highest BCUT2D eigenvalue weighted by Gasteiger charge is 2.26. The predicted molar refractivity (Wildman–Crippen MR) is 60.0 cm³/mol. The van der Waals surface area contributed by atoms with Gasteiger partial charge in [-0.05, 0) is 24.2 Å². The highest BCUT2D eigenvalue weighted by atomic mass is 19.4. The molecule has 0 atom stereocenters. The standard InChI is InChI=1S/C12H16F3NO/c1-2-16-9-10-3-5-11(6-4-10)17-8-7-12(13,14)15/h3-6,16H,2,7-9H2,1H3. The molecule has 0 saturated carbocycles. The van der Waals surface area contributed by atoms with Crippen molar-refractivity contribution in [2.24, 2.45) is 0 Å². The fraction of sp³-hybridized carbons (Fsp3) is 0.500. The van der Waals surface area contributed by atoms with Gasteiger partial charge in [-0.1, -0.05) is 19.1 Å². The Morgan fingerprint density at radius 1 is 1.18 bits per heavy atom. The van der Waals surface area contributed by atoms with Gasteiger partial charge in [-0.3, -0.25) is 0 Å². The number of hydrogen-bond acceptors (Lipinski definition) is 2. The number of nitrogens with one attached hydrogen (secondary N) is 1. The van der Waals surface area contributed by atoms with Gasteiger partial charge in [-0.2, -0.15) is 13.2 Å². The first-order valence-corrected chi connectivity index (χ1v) is 5.50. The summed E-state index contributed by atoms with van der Waals surface area (Å²) in [7, 11) is 0. The van der Waals surface area contributed by atoms with E-state index in [9.17, 15) is 13.2 Å². The van der Waals surface area contributed by atoms with Crippen molar-refractivity contribution in [2.75, 3.05) is 13.2 Å². The molecule has 0 amide bonds. The average Bonchev–Trinajstić information content (AvgIpc) is 2.26. The van der Waals surface area contributed by atoms with Gasteiger partial charge in [-0.15, -0.1) is 0 Å². The SMILES string of the molecule is CCNCc1ccc(OCCC(F)(F)F)cc1. The fourth-order valence-corrected chi connectivity index (χ4v) is 1.26. The van der Waals surface area contributed by atoms with Gasteiger partial charge >= 0.3 is 6.18 Å². The highest BCUT2D eigenvalue weighted by Crippen LogP contribution is 2.20. The Morgan fingerprint density at radius 3 is 2.35 bits per heavy atom. The Morgan fingerprint density at radius 2 is 1.82 bits per heavy atom. The normalized spacial score (nSPS) is 11.5. The summed E-state index contributed by atoms with van der Waals surface area (Å²) in [6.45, 7) is 3.30. The van der Waals surface area contributed by atoms with Crippen molar-refractivity contribution < 1.29 is 17.9 Å². The second-order valence-corrected chi connectivity index (χ2v) is 3.64. The van der Waals surface area contributed by atoms with Crippen LogP contribution in [0.4, 0.5) is 13.2 Å². The van der Waals surface area contributed by atoms with E-state index in [1.807, 2.05) is 19.1 Å². The molecule has 0 aromatic heterocycles. The molecule has 0 aliphatic carbocycles. The zero-order valence-electron chi connectivity index (χ0n) is 9.68. The lowest BCUT2D eigenvalue weighted by Crippen LogP contribution is -2.13. The number of halogens is 3. The second-order valence-electron chi connectivity index (χ2n) is 3.64. The summed E-state index contributed by atoms with van der Waals surface area (Å²) in [6.07, 6.45) is -5.09. The van der Waals surface area contributed by atoms with E-state index in [1.54, 1.807) is 12.1 Å². The fourth-order valence-electron chi connectivity index (χ4n) is 1.26. The number of benzene rings is 1. The molecule has 0 aliphatic rings. The van der Waals surface area contributed by atoms with Crippen molar-refractivity contribution in [1.29, 1.82) is 0 Å². The third-order valence-corrected chi connectivity index (χ3v) is 2.16. The largest absolute Gasteiger partial charge is 0.493 e. The van der Waals surface area contributed by atoms with Crippen LogP contribution in [0.2, 0.25) is 0 Å². The Labute approximate surface area is 98.8 Å². The highest BCUT2D eigenvalue weighted by molar-refractivity contribution is 5.27. The van der Waals surface area contributed by atoms with Gasteiger partial charge in [0.1, 0.15) is 5.75 Å². The second kappa shape index (κ2) is 6.49. The minimum Gasteiger partial charge on any atom is -0.493 e. The molecule has 2 nitrogen and oxygen atoms in total. The van der Waals surface area contributed by atoms with Crippen molar-refractivity contribution in [1.82, 2.24) is 5.32 Å². The van der Waals surface area contributed by atoms with Crippen LogP contribution in [0.3, 0.4) is 0 Å². The first kappa shape index (κ1) is 13.8. The lowest BCUT2D eigenvalue weighted by molar-refractivity contribution is -0.139. The molecule has 0 bridgehead atoms. The molecule has 5 heteroatoms. The zero-order chi connectivity index (χ0) is 12.7. The van der Waals surface area contributed by atoms with Crippen LogP contribution in [-0.2, 0) is 6.54 Å². The number of rotatable bonds is 6. The summed E-state index contributed by atoms with van der Waals surface area (Å²) < 4.78 is 40.6. The lowest BCUT2D eigenvalue weighted by atomic mass is 10.2. The molecule has 0 unspecified atom stereocenters. The van der Waals surface area contributed by atoms with E-state index < -0.39 is 12.6 Å². The van der Waals surface area contributed by atoms with E-state index in [1.165, 1.54) is 0 Å². The van der Waals surface area contributed by atoms with Crippen LogP contribution >= 0.6 is 0 Å². The predicted octanol–water partition coefficient (Wildman–Crippen LogP) is 3.13. The number of hydrogen-bond donors (Lipinski definition) is 1. The monoisotopic (exact) mass is 247 g/mol. The van der Waals surface area contributed by atoms with Crippen LogP contribution in [0.15, 0.2) is 24.3 Å². The van der Waals surface area contributed by atoms with Gasteiger partial charge in [0, 0.05) is 6.54 Å². The summed E-state index contributed by atoms with van der Waals surface area (Å²) in [4.78, 5) is 0. The van der Waals surface area contributed by atoms with Gasteiger partial charge in [0.25, 0.3) is 0 Å². The number of alkyl halides is 3. The maximum absolute atomic E-state index is 11.9. The maximum atomic E-state index is 11.9. The minimum atomic E-state index is -4.16. The van der Waals surface area contributed by atoms with E-state index in [0.29, 0.717) is 5.75 Å². The lowest BCUT2D eigenvalue weighted by Gasteiger charge is -2.09. The summed E-state index contributed by atoms with van der Waals surface area (Å²) >= 11 is 0. The summed E-state index contributed by atoms with van der Waals surface area (Å²) in [6, 6.07) is 7.04. The quantitative estimate of drug-likeness (QED) is 0.833. The van der Waals surface area contributed by atoms with Gasteiger partial charge in [-0.25, -0.2) is 0 Å². The third-order valence-electron chi connectivity index (χ3n) is 2.16. The van der Waals surface area contributed by atoms with Gasteiger partial charge in [0.2, 0.25) is 0 Å². The first-order chi connectivity index (χ1) is 8.01. The maximum Gasteiger partial charge on any atom is 0.392 e. The van der Waals surface area contributed by atoms with Crippen LogP contribution < -0.4 is 10.1 Å². The minimum absolute atomic E-state index is 0.337. The molecular formula is C12H16F3NO. The summed E-state index contributed by atoms with van der Waals surface area (Å²) in [5, 5.41) is 3.16. The topological polar surface area (TPSA) is 21.3 Å². The molecule has 17 heavy (non-hydrogen) atoms. The summed E-state index contributed by atoms with van der Waals surface area (Å²) in [5.41, 5.74) is 1.08. The van der Waals surface area contributed by atoms with Crippen molar-refractivity contribution >= 4 is 0 Å². The smallest absolute Gasteiger partial charge is 0.392 e. The average molecular weight is 247 g/mol. The third kappa shape index (κ3) is 6.16.